The first-order chi connectivity index (χ1) is 11.7. The number of benzene rings is 2. The molecule has 134 valence electrons. The van der Waals surface area contributed by atoms with E-state index in [1.807, 2.05) is 0 Å². The van der Waals surface area contributed by atoms with E-state index in [1.54, 1.807) is 42.1 Å². The molecule has 2 aromatic rings. The third-order valence-electron chi connectivity index (χ3n) is 3.38. The van der Waals surface area contributed by atoms with Crippen LogP contribution in [0.3, 0.4) is 0 Å². The molecule has 1 aliphatic rings. The maximum atomic E-state index is 12.7. The highest BCUT2D eigenvalue weighted by Gasteiger charge is 2.32. The fraction of sp³-hybridized carbons (Fsp3) is 0.250. The van der Waals surface area contributed by atoms with Gasteiger partial charge in [-0.05, 0) is 24.3 Å². The first-order valence-electron chi connectivity index (χ1n) is 7.43. The summed E-state index contributed by atoms with van der Waals surface area (Å²) < 4.78 is 56.8. The Morgan fingerprint density at radius 2 is 1.76 bits per heavy atom. The molecule has 0 radical (unpaired) electrons. The number of rotatable bonds is 7. The van der Waals surface area contributed by atoms with Crippen molar-refractivity contribution in [3.8, 4) is 11.5 Å². The predicted molar refractivity (Wildman–Crippen MR) is 99.7 cm³/mol. The molecule has 1 saturated heterocycles. The summed E-state index contributed by atoms with van der Waals surface area (Å²) in [6.45, 7) is 0. The van der Waals surface area contributed by atoms with Crippen LogP contribution in [0.1, 0.15) is 0 Å². The summed E-state index contributed by atoms with van der Waals surface area (Å²) in [6.07, 6.45) is 1.00. The van der Waals surface area contributed by atoms with Crippen molar-refractivity contribution in [2.75, 3.05) is 22.5 Å². The molecule has 6 nitrogen and oxygen atoms in total. The highest BCUT2D eigenvalue weighted by Crippen LogP contribution is 2.39. The van der Waals surface area contributed by atoms with Crippen LogP contribution < -0.4 is 9.46 Å². The van der Waals surface area contributed by atoms with E-state index in [1.165, 1.54) is 18.2 Å². The zero-order chi connectivity index (χ0) is 18.1. The van der Waals surface area contributed by atoms with Crippen LogP contribution >= 0.6 is 11.8 Å². The van der Waals surface area contributed by atoms with Gasteiger partial charge in [-0.2, -0.15) is 11.8 Å². The lowest BCUT2D eigenvalue weighted by atomic mass is 10.3. The number of hydrogen-bond donors (Lipinski definition) is 1. The summed E-state index contributed by atoms with van der Waals surface area (Å²) in [5, 5.41) is 0.0844. The molecule has 1 atom stereocenters. The van der Waals surface area contributed by atoms with E-state index < -0.39 is 19.9 Å². The van der Waals surface area contributed by atoms with Crippen LogP contribution in [0.2, 0.25) is 0 Å². The van der Waals surface area contributed by atoms with E-state index in [0.717, 1.165) is 12.0 Å². The highest BCUT2D eigenvalue weighted by molar-refractivity contribution is 8.08. The third kappa shape index (κ3) is 4.90. The molecule has 1 N–H and O–H groups in total. The maximum Gasteiger partial charge on any atom is 0.229 e. The molecular weight excluding hydrogens is 382 g/mol. The van der Waals surface area contributed by atoms with E-state index in [2.05, 4.69) is 4.72 Å². The summed E-state index contributed by atoms with van der Waals surface area (Å²) in [6, 6.07) is 13.1. The van der Waals surface area contributed by atoms with Gasteiger partial charge < -0.3 is 4.74 Å². The zero-order valence-corrected chi connectivity index (χ0v) is 15.8. The SMILES string of the molecule is CS(=O)(=O)Nc1cccc(S(=O)(=O)CC2CS2)c1Oc1ccccc1. The van der Waals surface area contributed by atoms with Crippen molar-refractivity contribution in [1.29, 1.82) is 0 Å². The van der Waals surface area contributed by atoms with E-state index in [9.17, 15) is 16.8 Å². The number of ether oxygens (including phenoxy) is 1. The first kappa shape index (κ1) is 18.1. The largest absolute Gasteiger partial charge is 0.454 e. The number of nitrogens with one attached hydrogen (secondary N) is 1. The second-order valence-electron chi connectivity index (χ2n) is 5.66. The van der Waals surface area contributed by atoms with Crippen molar-refractivity contribution >= 4 is 37.3 Å². The molecule has 3 rings (SSSR count). The number of thioether (sulfide) groups is 1. The third-order valence-corrected chi connectivity index (χ3v) is 6.99. The van der Waals surface area contributed by atoms with Gasteiger partial charge in [-0.15, -0.1) is 0 Å². The summed E-state index contributed by atoms with van der Waals surface area (Å²) in [4.78, 5) is -0.0162. The summed E-state index contributed by atoms with van der Waals surface area (Å²) >= 11 is 1.58. The Labute approximate surface area is 151 Å². The Balaban J connectivity index is 2.08. The quantitative estimate of drug-likeness (QED) is 0.720. The van der Waals surface area contributed by atoms with Gasteiger partial charge in [0.25, 0.3) is 0 Å². The van der Waals surface area contributed by atoms with Crippen LogP contribution in [0.4, 0.5) is 5.69 Å². The normalized spacial score (nSPS) is 17.1. The molecule has 1 heterocycles. The van der Waals surface area contributed by atoms with Gasteiger partial charge in [0.15, 0.2) is 15.6 Å². The van der Waals surface area contributed by atoms with Crippen LogP contribution in [0.15, 0.2) is 53.4 Å². The molecule has 25 heavy (non-hydrogen) atoms. The Hall–Kier alpha value is -1.71. The monoisotopic (exact) mass is 399 g/mol. The Morgan fingerprint density at radius 1 is 1.08 bits per heavy atom. The number of para-hydroxylation sites is 2. The number of anilines is 1. The minimum absolute atomic E-state index is 0.00510. The van der Waals surface area contributed by atoms with Crippen molar-refractivity contribution in [3.63, 3.8) is 0 Å². The molecular formula is C16H17NO5S3. The molecule has 1 fully saturated rings. The second kappa shape index (κ2) is 6.89. The summed E-state index contributed by atoms with van der Waals surface area (Å²) in [5.74, 6) is 1.23. The molecule has 1 aliphatic heterocycles. The maximum absolute atomic E-state index is 12.7. The Kier molecular flexibility index (Phi) is 4.99. The molecule has 0 saturated carbocycles. The van der Waals surface area contributed by atoms with Crippen molar-refractivity contribution in [3.05, 3.63) is 48.5 Å². The minimum atomic E-state index is -3.61. The second-order valence-corrected chi connectivity index (χ2v) is 10.7. The molecule has 0 spiro atoms. The van der Waals surface area contributed by atoms with Crippen LogP contribution in [0, 0.1) is 0 Å². The van der Waals surface area contributed by atoms with Crippen molar-refractivity contribution in [2.45, 2.75) is 10.1 Å². The number of hydrogen-bond acceptors (Lipinski definition) is 6. The van der Waals surface area contributed by atoms with Gasteiger partial charge in [-0.3, -0.25) is 4.72 Å². The van der Waals surface area contributed by atoms with Crippen LogP contribution in [-0.2, 0) is 19.9 Å². The van der Waals surface area contributed by atoms with Crippen molar-refractivity contribution in [1.82, 2.24) is 0 Å². The van der Waals surface area contributed by atoms with Crippen molar-refractivity contribution < 1.29 is 21.6 Å². The van der Waals surface area contributed by atoms with Gasteiger partial charge in [-0.25, -0.2) is 16.8 Å². The molecule has 0 amide bonds. The Morgan fingerprint density at radius 3 is 2.36 bits per heavy atom. The van der Waals surface area contributed by atoms with Gasteiger partial charge >= 0.3 is 0 Å². The lowest BCUT2D eigenvalue weighted by Crippen LogP contribution is -2.15. The standard InChI is InChI=1S/C16H17NO5S3/c1-24(18,19)17-14-8-5-9-15(25(20,21)11-13-10-23-13)16(14)22-12-6-3-2-4-7-12/h2-9,13,17H,10-11H2,1H3. The fourth-order valence-electron chi connectivity index (χ4n) is 2.25. The molecule has 1 unspecified atom stereocenters. The summed E-state index contributed by atoms with van der Waals surface area (Å²) in [7, 11) is -7.20. The fourth-order valence-corrected chi connectivity index (χ4v) is 5.64. The van der Waals surface area contributed by atoms with Gasteiger partial charge in [-0.1, -0.05) is 24.3 Å². The lowest BCUT2D eigenvalue weighted by Gasteiger charge is -2.16. The van der Waals surface area contributed by atoms with Crippen LogP contribution in [0.5, 0.6) is 11.5 Å². The van der Waals surface area contributed by atoms with Crippen LogP contribution in [0.25, 0.3) is 0 Å². The van der Waals surface area contributed by atoms with E-state index in [-0.39, 0.29) is 27.3 Å². The highest BCUT2D eigenvalue weighted by atomic mass is 32.2. The average molecular weight is 400 g/mol. The van der Waals surface area contributed by atoms with E-state index in [0.29, 0.717) is 5.75 Å². The lowest BCUT2D eigenvalue weighted by molar-refractivity contribution is 0.469. The van der Waals surface area contributed by atoms with Gasteiger partial charge in [0.05, 0.1) is 17.7 Å². The predicted octanol–water partition coefficient (Wildman–Crippen LogP) is 2.74. The van der Waals surface area contributed by atoms with Crippen LogP contribution in [-0.4, -0.2) is 39.8 Å². The molecule has 9 heteroatoms. The molecule has 2 aromatic carbocycles. The van der Waals surface area contributed by atoms with Crippen molar-refractivity contribution in [2.24, 2.45) is 0 Å². The van der Waals surface area contributed by atoms with E-state index in [4.69, 9.17) is 4.74 Å². The number of sulfone groups is 1. The smallest absolute Gasteiger partial charge is 0.229 e. The molecule has 0 aromatic heterocycles. The average Bonchev–Trinajstić information content (AvgIpc) is 3.31. The molecule has 0 bridgehead atoms. The molecule has 0 aliphatic carbocycles. The van der Waals surface area contributed by atoms with E-state index >= 15 is 0 Å². The number of sulfonamides is 1. The topological polar surface area (TPSA) is 89.5 Å². The zero-order valence-electron chi connectivity index (χ0n) is 13.4. The summed E-state index contributed by atoms with van der Waals surface area (Å²) in [5.41, 5.74) is 0.0934. The first-order valence-corrected chi connectivity index (χ1v) is 12.0. The minimum Gasteiger partial charge on any atom is -0.454 e. The van der Waals surface area contributed by atoms with Gasteiger partial charge in [0, 0.05) is 11.0 Å². The Bertz CT molecular complexity index is 968. The van der Waals surface area contributed by atoms with Gasteiger partial charge in [0.1, 0.15) is 10.6 Å². The van der Waals surface area contributed by atoms with Gasteiger partial charge in [0.2, 0.25) is 10.0 Å².